The first kappa shape index (κ1) is 13.3. The molecule has 0 saturated heterocycles. The number of aryl methyl sites for hydroxylation is 1. The van der Waals surface area contributed by atoms with Crippen molar-refractivity contribution in [2.45, 2.75) is 13.0 Å². The fourth-order valence-electron chi connectivity index (χ4n) is 2.01. The fourth-order valence-corrected chi connectivity index (χ4v) is 2.01. The van der Waals surface area contributed by atoms with Crippen LogP contribution in [0.15, 0.2) is 41.1 Å². The maximum absolute atomic E-state index is 12.1. The normalized spacial score (nSPS) is 12.5. The number of hydrogen-bond donors (Lipinski definition) is 2. The second-order valence-electron chi connectivity index (χ2n) is 4.63. The number of pyridine rings is 1. The van der Waals surface area contributed by atoms with Crippen LogP contribution in [0.3, 0.4) is 0 Å². The minimum Gasteiger partial charge on any atom is -0.467 e. The topological polar surface area (TPSA) is 92.7 Å². The molecule has 3 heterocycles. The van der Waals surface area contributed by atoms with Crippen LogP contribution in [0.5, 0.6) is 0 Å². The van der Waals surface area contributed by atoms with Crippen LogP contribution in [0, 0.1) is 6.92 Å². The Balaban J connectivity index is 1.70. The molecule has 3 aromatic heterocycles. The summed E-state index contributed by atoms with van der Waals surface area (Å²) in [7, 11) is 0. The first-order chi connectivity index (χ1) is 10.1. The van der Waals surface area contributed by atoms with Gasteiger partial charge in [-0.3, -0.25) is 9.20 Å². The number of fused-ring (bicyclic) bond motifs is 1. The average Bonchev–Trinajstić information content (AvgIpc) is 3.14. The van der Waals surface area contributed by atoms with E-state index in [2.05, 4.69) is 15.5 Å². The van der Waals surface area contributed by atoms with Crippen molar-refractivity contribution in [1.82, 2.24) is 19.9 Å². The Bertz CT molecular complexity index is 764. The number of aliphatic hydroxyl groups is 1. The summed E-state index contributed by atoms with van der Waals surface area (Å²) in [6, 6.07) is 6.72. The van der Waals surface area contributed by atoms with Gasteiger partial charge >= 0.3 is 0 Å². The van der Waals surface area contributed by atoms with Crippen LogP contribution in [0.4, 0.5) is 0 Å². The second kappa shape index (κ2) is 5.37. The number of aromatic nitrogens is 3. The number of amides is 1. The Labute approximate surface area is 120 Å². The number of nitrogens with one attached hydrogen (secondary N) is 1. The molecule has 0 aromatic carbocycles. The van der Waals surface area contributed by atoms with Crippen molar-refractivity contribution in [3.8, 4) is 0 Å². The largest absolute Gasteiger partial charge is 0.467 e. The molecular formula is C14H14N4O3. The van der Waals surface area contributed by atoms with Crippen molar-refractivity contribution in [2.75, 3.05) is 6.54 Å². The van der Waals surface area contributed by atoms with Gasteiger partial charge in [0, 0.05) is 6.20 Å². The Morgan fingerprint density at radius 3 is 3.05 bits per heavy atom. The third-order valence-electron chi connectivity index (χ3n) is 3.16. The summed E-state index contributed by atoms with van der Waals surface area (Å²) in [5.74, 6) is 0.839. The smallest absolute Gasteiger partial charge is 0.252 e. The van der Waals surface area contributed by atoms with Crippen LogP contribution >= 0.6 is 0 Å². The Morgan fingerprint density at radius 1 is 1.43 bits per heavy atom. The molecule has 0 radical (unpaired) electrons. The zero-order valence-electron chi connectivity index (χ0n) is 11.4. The van der Waals surface area contributed by atoms with E-state index in [1.807, 2.05) is 6.92 Å². The van der Waals surface area contributed by atoms with Crippen molar-refractivity contribution in [2.24, 2.45) is 0 Å². The monoisotopic (exact) mass is 286 g/mol. The lowest BCUT2D eigenvalue weighted by Crippen LogP contribution is -2.28. The molecule has 0 aliphatic heterocycles. The zero-order chi connectivity index (χ0) is 14.8. The van der Waals surface area contributed by atoms with Gasteiger partial charge in [-0.05, 0) is 31.2 Å². The molecule has 0 saturated carbocycles. The van der Waals surface area contributed by atoms with Crippen LogP contribution < -0.4 is 5.32 Å². The van der Waals surface area contributed by atoms with E-state index < -0.39 is 6.10 Å². The fraction of sp³-hybridized carbons (Fsp3) is 0.214. The standard InChI is InChI=1S/C14H14N4O3/c1-9-16-17-13-5-4-10(8-18(9)13)14(20)15-7-11(19)12-3-2-6-21-12/h2-6,8,11,19H,7H2,1H3,(H,15,20). The average molecular weight is 286 g/mol. The highest BCUT2D eigenvalue weighted by molar-refractivity contribution is 5.94. The minimum absolute atomic E-state index is 0.0749. The van der Waals surface area contributed by atoms with E-state index in [1.165, 1.54) is 6.26 Å². The van der Waals surface area contributed by atoms with Gasteiger partial charge in [0.15, 0.2) is 5.65 Å². The van der Waals surface area contributed by atoms with Gasteiger partial charge in [-0.15, -0.1) is 10.2 Å². The lowest BCUT2D eigenvalue weighted by Gasteiger charge is -2.09. The summed E-state index contributed by atoms with van der Waals surface area (Å²) >= 11 is 0. The summed E-state index contributed by atoms with van der Waals surface area (Å²) in [4.78, 5) is 12.1. The molecule has 0 fully saturated rings. The van der Waals surface area contributed by atoms with Gasteiger partial charge in [0.25, 0.3) is 5.91 Å². The van der Waals surface area contributed by atoms with E-state index in [0.29, 0.717) is 22.8 Å². The van der Waals surface area contributed by atoms with Crippen molar-refractivity contribution in [1.29, 1.82) is 0 Å². The number of carbonyl (C=O) groups excluding carboxylic acids is 1. The predicted molar refractivity (Wildman–Crippen MR) is 73.7 cm³/mol. The van der Waals surface area contributed by atoms with Crippen molar-refractivity contribution in [3.05, 3.63) is 53.9 Å². The van der Waals surface area contributed by atoms with Crippen LogP contribution in [-0.4, -0.2) is 32.2 Å². The molecule has 21 heavy (non-hydrogen) atoms. The minimum atomic E-state index is -0.871. The van der Waals surface area contributed by atoms with E-state index in [1.54, 1.807) is 34.9 Å². The van der Waals surface area contributed by atoms with Crippen molar-refractivity contribution < 1.29 is 14.3 Å². The number of aliphatic hydroxyl groups excluding tert-OH is 1. The number of nitrogens with zero attached hydrogens (tertiary/aromatic N) is 3. The maximum atomic E-state index is 12.1. The predicted octanol–water partition coefficient (Wildman–Crippen LogP) is 1.09. The molecule has 108 valence electrons. The molecule has 0 aliphatic rings. The van der Waals surface area contributed by atoms with Crippen LogP contribution in [0.1, 0.15) is 28.0 Å². The molecule has 1 atom stereocenters. The van der Waals surface area contributed by atoms with Gasteiger partial charge in [0.1, 0.15) is 17.7 Å². The SMILES string of the molecule is Cc1nnc2ccc(C(=O)NCC(O)c3ccco3)cn12. The first-order valence-corrected chi connectivity index (χ1v) is 6.46. The molecule has 0 spiro atoms. The molecule has 2 N–H and O–H groups in total. The Kier molecular flexibility index (Phi) is 3.41. The number of rotatable bonds is 4. The molecule has 1 amide bonds. The van der Waals surface area contributed by atoms with Gasteiger partial charge in [-0.1, -0.05) is 0 Å². The number of furan rings is 1. The summed E-state index contributed by atoms with van der Waals surface area (Å²) in [5.41, 5.74) is 1.15. The number of hydrogen-bond acceptors (Lipinski definition) is 5. The highest BCUT2D eigenvalue weighted by atomic mass is 16.4. The maximum Gasteiger partial charge on any atom is 0.252 e. The molecule has 0 bridgehead atoms. The summed E-state index contributed by atoms with van der Waals surface area (Å²) in [6.45, 7) is 1.88. The van der Waals surface area contributed by atoms with Gasteiger partial charge in [0.2, 0.25) is 0 Å². The summed E-state index contributed by atoms with van der Waals surface area (Å²) in [5, 5.41) is 20.4. The number of carbonyl (C=O) groups is 1. The van der Waals surface area contributed by atoms with E-state index in [9.17, 15) is 9.90 Å². The molecule has 0 aliphatic carbocycles. The summed E-state index contributed by atoms with van der Waals surface area (Å²) < 4.78 is 6.81. The molecule has 1 unspecified atom stereocenters. The van der Waals surface area contributed by atoms with Gasteiger partial charge in [-0.2, -0.15) is 0 Å². The lowest BCUT2D eigenvalue weighted by molar-refractivity contribution is 0.0900. The quantitative estimate of drug-likeness (QED) is 0.749. The molecular weight excluding hydrogens is 272 g/mol. The van der Waals surface area contributed by atoms with E-state index in [0.717, 1.165) is 0 Å². The Morgan fingerprint density at radius 2 is 2.29 bits per heavy atom. The molecule has 7 heteroatoms. The highest BCUT2D eigenvalue weighted by Gasteiger charge is 2.13. The van der Waals surface area contributed by atoms with E-state index in [4.69, 9.17) is 4.42 Å². The van der Waals surface area contributed by atoms with Crippen molar-refractivity contribution in [3.63, 3.8) is 0 Å². The van der Waals surface area contributed by atoms with Gasteiger partial charge in [0.05, 0.1) is 18.4 Å². The first-order valence-electron chi connectivity index (χ1n) is 6.46. The van der Waals surface area contributed by atoms with Gasteiger partial charge in [-0.25, -0.2) is 0 Å². The third kappa shape index (κ3) is 2.63. The third-order valence-corrected chi connectivity index (χ3v) is 3.16. The highest BCUT2D eigenvalue weighted by Crippen LogP contribution is 2.12. The Hall–Kier alpha value is -2.67. The molecule has 7 nitrogen and oxygen atoms in total. The van der Waals surface area contributed by atoms with E-state index >= 15 is 0 Å². The zero-order valence-corrected chi connectivity index (χ0v) is 11.4. The summed E-state index contributed by atoms with van der Waals surface area (Å²) in [6.07, 6.45) is 2.27. The van der Waals surface area contributed by atoms with Crippen LogP contribution in [0.25, 0.3) is 5.65 Å². The molecule has 3 aromatic rings. The van der Waals surface area contributed by atoms with E-state index in [-0.39, 0.29) is 12.5 Å². The molecule has 3 rings (SSSR count). The second-order valence-corrected chi connectivity index (χ2v) is 4.63. The lowest BCUT2D eigenvalue weighted by atomic mass is 10.2. The van der Waals surface area contributed by atoms with Crippen LogP contribution in [0.2, 0.25) is 0 Å². The van der Waals surface area contributed by atoms with Gasteiger partial charge < -0.3 is 14.8 Å². The van der Waals surface area contributed by atoms with Crippen LogP contribution in [-0.2, 0) is 0 Å². The van der Waals surface area contributed by atoms with Crippen molar-refractivity contribution >= 4 is 11.6 Å².